The summed E-state index contributed by atoms with van der Waals surface area (Å²) in [6.45, 7) is 14.6. The van der Waals surface area contributed by atoms with Gasteiger partial charge in [-0.3, -0.25) is 0 Å². The van der Waals surface area contributed by atoms with Gasteiger partial charge < -0.3 is 9.38 Å². The quantitative estimate of drug-likeness (QED) is 0.160. The van der Waals surface area contributed by atoms with Gasteiger partial charge >= 0.3 is 6.85 Å². The molecule has 2 atom stereocenters. The van der Waals surface area contributed by atoms with Crippen molar-refractivity contribution in [1.29, 1.82) is 0 Å². The topological polar surface area (TPSA) is 8.17 Å². The maximum Gasteiger partial charge on any atom is 0.334 e. The van der Waals surface area contributed by atoms with E-state index in [2.05, 4.69) is 178 Å². The number of rotatable bonds is 4. The summed E-state index contributed by atoms with van der Waals surface area (Å²) in [5, 5.41) is 8.39. The summed E-state index contributed by atoms with van der Waals surface area (Å²) >= 11 is 2.01. The molecule has 6 aliphatic carbocycles. The third kappa shape index (κ3) is 6.02. The lowest BCUT2D eigenvalue weighted by Crippen LogP contribution is -2.56. The van der Waals surface area contributed by atoms with Gasteiger partial charge in [0.05, 0.1) is 10.7 Å². The van der Waals surface area contributed by atoms with Crippen LogP contribution in [0.25, 0.3) is 64.9 Å². The lowest BCUT2D eigenvalue weighted by Gasteiger charge is -2.57. The third-order valence-electron chi connectivity index (χ3n) is 20.4. The van der Waals surface area contributed by atoms with Crippen LogP contribution in [0, 0.1) is 42.4 Å². The first-order valence-electron chi connectivity index (χ1n) is 28.1. The van der Waals surface area contributed by atoms with Crippen LogP contribution in [0.15, 0.2) is 127 Å². The van der Waals surface area contributed by atoms with Crippen LogP contribution in [0.4, 0.5) is 16.4 Å². The first-order valence-corrected chi connectivity index (χ1v) is 28.9. The van der Waals surface area contributed by atoms with Crippen molar-refractivity contribution in [1.82, 2.24) is 4.48 Å². The number of benzene rings is 7. The van der Waals surface area contributed by atoms with Gasteiger partial charge in [-0.25, -0.2) is 0 Å². The normalized spacial score (nSPS) is 27.9. The molecule has 0 radical (unpaired) electrons. The Kier molecular flexibility index (Phi) is 8.82. The second-order valence-corrected chi connectivity index (χ2v) is 27.5. The van der Waals surface area contributed by atoms with E-state index in [9.17, 15) is 0 Å². The Bertz CT molecular complexity index is 3730. The monoisotopic (exact) mass is 955 g/mol. The highest BCUT2D eigenvalue weighted by Gasteiger charge is 2.53. The molecule has 2 aromatic heterocycles. The van der Waals surface area contributed by atoms with Crippen molar-refractivity contribution < 1.29 is 0 Å². The zero-order valence-corrected chi connectivity index (χ0v) is 44.1. The first-order chi connectivity index (χ1) is 34.9. The van der Waals surface area contributed by atoms with E-state index in [1.54, 1.807) is 11.1 Å². The van der Waals surface area contributed by atoms with E-state index >= 15 is 0 Å². The lowest BCUT2D eigenvalue weighted by molar-refractivity contribution is -0.00512. The molecule has 17 rings (SSSR count). The molecule has 0 N–H and O–H groups in total. The molecule has 8 aliphatic rings. The number of anilines is 3. The summed E-state index contributed by atoms with van der Waals surface area (Å²) < 4.78 is 4.27. The zero-order chi connectivity index (χ0) is 48.2. The number of nitrogens with zero attached hydrogens (tertiary/aromatic N) is 2. The van der Waals surface area contributed by atoms with Gasteiger partial charge in [0.25, 0.3) is 0 Å². The van der Waals surface area contributed by atoms with Crippen molar-refractivity contribution in [3.8, 4) is 22.3 Å². The second-order valence-electron chi connectivity index (χ2n) is 26.5. The van der Waals surface area contributed by atoms with E-state index in [1.165, 1.54) is 174 Å². The van der Waals surface area contributed by atoms with Gasteiger partial charge in [-0.1, -0.05) is 107 Å². The molecule has 358 valence electrons. The van der Waals surface area contributed by atoms with Crippen LogP contribution in [0.3, 0.4) is 0 Å². The smallest absolute Gasteiger partial charge is 0.334 e. The zero-order valence-electron chi connectivity index (χ0n) is 43.2. The highest BCUT2D eigenvalue weighted by atomic mass is 32.1. The van der Waals surface area contributed by atoms with Gasteiger partial charge in [0.2, 0.25) is 0 Å². The van der Waals surface area contributed by atoms with E-state index in [0.717, 1.165) is 35.5 Å². The van der Waals surface area contributed by atoms with Crippen LogP contribution in [0.2, 0.25) is 0 Å². The van der Waals surface area contributed by atoms with Crippen LogP contribution >= 0.6 is 11.3 Å². The summed E-state index contributed by atoms with van der Waals surface area (Å²) in [5.41, 5.74) is 20.4. The van der Waals surface area contributed by atoms with Crippen LogP contribution in [0.1, 0.15) is 128 Å². The molecule has 2 unspecified atom stereocenters. The number of thiophene rings is 1. The van der Waals surface area contributed by atoms with E-state index in [-0.39, 0.29) is 17.7 Å². The van der Waals surface area contributed by atoms with Gasteiger partial charge in [-0.2, -0.15) is 0 Å². The van der Waals surface area contributed by atoms with E-state index in [0.29, 0.717) is 5.41 Å². The van der Waals surface area contributed by atoms with E-state index < -0.39 is 0 Å². The maximum atomic E-state index is 2.90. The van der Waals surface area contributed by atoms with Crippen LogP contribution in [-0.4, -0.2) is 11.3 Å². The Morgan fingerprint density at radius 2 is 1.19 bits per heavy atom. The standard InChI is InChI=1S/C68H67BN2S/c1-39-22-54-56-32-51(67-33-40(2)20-42(35-67)21-41(3)34-67)31-55-53-30-50(68-36-43-24-44(37-68)26-45(25-43)38-68)17-19-59(53)71(64(55)56)69-62(54)60(23-39)70(65-63(69)57-27-47-14-10-11-15-48(47)28-61(57)72-65)58-18-16-49(66(4,5)6)29-52(58)46-12-8-7-9-13-46/h7-19,22-23,27-32,40-45H,20-21,24-26,33-38H2,1-6H3. The van der Waals surface area contributed by atoms with E-state index in [1.807, 2.05) is 11.3 Å². The van der Waals surface area contributed by atoms with Gasteiger partial charge in [0.15, 0.2) is 0 Å². The predicted molar refractivity (Wildman–Crippen MR) is 308 cm³/mol. The van der Waals surface area contributed by atoms with Crippen molar-refractivity contribution in [3.63, 3.8) is 0 Å². The summed E-state index contributed by atoms with van der Waals surface area (Å²) in [7, 11) is 0. The molecule has 2 nitrogen and oxygen atoms in total. The van der Waals surface area contributed by atoms with Crippen molar-refractivity contribution in [2.45, 2.75) is 128 Å². The minimum atomic E-state index is 0.00400. The van der Waals surface area contributed by atoms with Crippen LogP contribution in [-0.2, 0) is 16.2 Å². The highest BCUT2D eigenvalue weighted by molar-refractivity contribution is 7.26. The molecule has 6 fully saturated rings. The van der Waals surface area contributed by atoms with Gasteiger partial charge in [-0.15, -0.1) is 11.3 Å². The number of hydrogen-bond acceptors (Lipinski definition) is 2. The van der Waals surface area contributed by atoms with E-state index in [4.69, 9.17) is 0 Å². The molecule has 0 saturated heterocycles. The molecule has 6 saturated carbocycles. The fourth-order valence-electron chi connectivity index (χ4n) is 18.3. The largest absolute Gasteiger partial charge is 0.375 e. The molecule has 72 heavy (non-hydrogen) atoms. The Morgan fingerprint density at radius 3 is 1.90 bits per heavy atom. The maximum absolute atomic E-state index is 2.90. The average Bonchev–Trinajstić information content (AvgIpc) is 3.89. The Labute approximate surface area is 430 Å². The summed E-state index contributed by atoms with van der Waals surface area (Å²) in [4.78, 5) is 2.74. The minimum absolute atomic E-state index is 0.00400. The fraction of sp³-hybridized carbons (Fsp3) is 0.382. The first kappa shape index (κ1) is 42.9. The third-order valence-corrected chi connectivity index (χ3v) is 21.5. The number of aromatic nitrogens is 1. The number of fused-ring (bicyclic) bond motifs is 12. The molecule has 4 heterocycles. The van der Waals surface area contributed by atoms with Crippen molar-refractivity contribution in [2.24, 2.45) is 35.5 Å². The molecule has 7 aromatic carbocycles. The van der Waals surface area contributed by atoms with Crippen molar-refractivity contribution in [2.75, 3.05) is 4.90 Å². The molecular weight excluding hydrogens is 888 g/mol. The lowest BCUT2D eigenvalue weighted by atomic mass is 9.45. The summed E-state index contributed by atoms with van der Waals surface area (Å²) in [6.07, 6.45) is 15.4. The molecule has 4 heteroatoms. The molecule has 0 spiro atoms. The predicted octanol–water partition coefficient (Wildman–Crippen LogP) is 17.4. The summed E-state index contributed by atoms with van der Waals surface area (Å²) in [5.74, 6) is 5.07. The Hall–Kier alpha value is -5.58. The number of aryl methyl sites for hydroxylation is 1. The van der Waals surface area contributed by atoms with Crippen LogP contribution in [0.5, 0.6) is 0 Å². The van der Waals surface area contributed by atoms with Crippen LogP contribution < -0.4 is 15.8 Å². The molecule has 0 amide bonds. The molecule has 2 aliphatic heterocycles. The minimum Gasteiger partial charge on any atom is -0.375 e. The number of hydrogen-bond donors (Lipinski definition) is 0. The fourth-order valence-corrected chi connectivity index (χ4v) is 19.6. The van der Waals surface area contributed by atoms with Crippen molar-refractivity contribution >= 4 is 88.2 Å². The Balaban J connectivity index is 1.03. The SMILES string of the molecule is Cc1cc2c3c(c1)N(c1ccc(C(C)(C)C)cc1-c1ccccc1)c1sc4cc5ccccc5cc4c1B3n1c3ccc(C45CC6CC(CC(C6)C4)C5)cc3c3cc(C45CC(C)CC(CC(C)C4)C5)cc-2c31. The summed E-state index contributed by atoms with van der Waals surface area (Å²) in [6, 6.07) is 51.6. The van der Waals surface area contributed by atoms with Gasteiger partial charge in [0.1, 0.15) is 0 Å². The van der Waals surface area contributed by atoms with Gasteiger partial charge in [-0.05, 0) is 244 Å². The molecular formula is C68H67BN2S. The molecule has 9 aromatic rings. The van der Waals surface area contributed by atoms with Gasteiger partial charge in [0, 0.05) is 43.3 Å². The molecule has 6 bridgehead atoms. The van der Waals surface area contributed by atoms with Crippen molar-refractivity contribution in [3.05, 3.63) is 150 Å². The Morgan fingerprint density at radius 1 is 0.542 bits per heavy atom. The second kappa shape index (κ2) is 14.8. The average molecular weight is 955 g/mol. The highest BCUT2D eigenvalue weighted by Crippen LogP contribution is 2.62.